The zero-order valence-electron chi connectivity index (χ0n) is 21.9. The van der Waals surface area contributed by atoms with Gasteiger partial charge in [-0.25, -0.2) is 4.39 Å². The molecule has 11 heteroatoms. The predicted octanol–water partition coefficient (Wildman–Crippen LogP) is 4.44. The van der Waals surface area contributed by atoms with Crippen molar-refractivity contribution in [3.8, 4) is 0 Å². The number of carbonyl (C=O) groups is 1. The fourth-order valence-corrected chi connectivity index (χ4v) is 5.74. The first kappa shape index (κ1) is 25.9. The number of nitrogens with zero attached hydrogens (tertiary/aromatic N) is 5. The van der Waals surface area contributed by atoms with Gasteiger partial charge in [0.25, 0.3) is 5.91 Å². The van der Waals surface area contributed by atoms with Gasteiger partial charge >= 0.3 is 6.18 Å². The molecule has 0 bridgehead atoms. The first-order valence-electron chi connectivity index (χ1n) is 12.8. The highest BCUT2D eigenvalue weighted by molar-refractivity contribution is 6.10. The van der Waals surface area contributed by atoms with E-state index >= 15 is 0 Å². The van der Waals surface area contributed by atoms with Crippen molar-refractivity contribution in [1.29, 1.82) is 0 Å². The normalized spacial score (nSPS) is 22.0. The number of fused-ring (bicyclic) bond motifs is 1. The van der Waals surface area contributed by atoms with Crippen molar-refractivity contribution in [1.82, 2.24) is 19.7 Å². The third-order valence-electron chi connectivity index (χ3n) is 8.57. The van der Waals surface area contributed by atoms with Crippen molar-refractivity contribution in [2.24, 2.45) is 7.05 Å². The number of alkyl halides is 4. The van der Waals surface area contributed by atoms with E-state index in [9.17, 15) is 22.4 Å². The summed E-state index contributed by atoms with van der Waals surface area (Å²) in [6.07, 6.45) is -3.47. The molecular formula is C28H29F4N5O2. The lowest BCUT2D eigenvalue weighted by Gasteiger charge is -2.51. The number of anilines is 1. The summed E-state index contributed by atoms with van der Waals surface area (Å²) in [5.74, 6) is 0.313. The fourth-order valence-electron chi connectivity index (χ4n) is 5.74. The van der Waals surface area contributed by atoms with Crippen LogP contribution in [0.25, 0.3) is 0 Å². The van der Waals surface area contributed by atoms with Crippen molar-refractivity contribution in [2.45, 2.75) is 56.7 Å². The van der Waals surface area contributed by atoms with Gasteiger partial charge in [0.2, 0.25) is 0 Å². The maximum absolute atomic E-state index is 14.2. The highest BCUT2D eigenvalue weighted by atomic mass is 19.4. The van der Waals surface area contributed by atoms with Gasteiger partial charge in [-0.2, -0.15) is 13.2 Å². The van der Waals surface area contributed by atoms with Crippen LogP contribution in [0.2, 0.25) is 0 Å². The summed E-state index contributed by atoms with van der Waals surface area (Å²) in [4.78, 5) is 16.7. The number of rotatable bonds is 6. The van der Waals surface area contributed by atoms with Gasteiger partial charge in [-0.1, -0.05) is 12.1 Å². The molecule has 2 fully saturated rings. The number of amides is 1. The van der Waals surface area contributed by atoms with Crippen LogP contribution in [0.3, 0.4) is 0 Å². The number of benzene rings is 2. The smallest absolute Gasteiger partial charge is 0.379 e. The van der Waals surface area contributed by atoms with Gasteiger partial charge in [-0.05, 0) is 54.8 Å². The van der Waals surface area contributed by atoms with E-state index in [0.29, 0.717) is 30.9 Å². The first-order chi connectivity index (χ1) is 18.4. The number of aromatic nitrogens is 3. The Balaban J connectivity index is 1.32. The molecule has 39 heavy (non-hydrogen) atoms. The van der Waals surface area contributed by atoms with Gasteiger partial charge < -0.3 is 14.2 Å². The summed E-state index contributed by atoms with van der Waals surface area (Å²) in [7, 11) is 1.87. The Morgan fingerprint density at radius 1 is 1.15 bits per heavy atom. The second-order valence-corrected chi connectivity index (χ2v) is 11.4. The highest BCUT2D eigenvalue weighted by Gasteiger charge is 2.47. The minimum absolute atomic E-state index is 0.0336. The van der Waals surface area contributed by atoms with Crippen LogP contribution in [0.4, 0.5) is 23.2 Å². The average Bonchev–Trinajstić information content (AvgIpc) is 3.42. The molecule has 3 aromatic rings. The van der Waals surface area contributed by atoms with Crippen LogP contribution in [0, 0.1) is 0 Å². The van der Waals surface area contributed by atoms with Crippen LogP contribution < -0.4 is 4.90 Å². The van der Waals surface area contributed by atoms with E-state index in [1.54, 1.807) is 31.1 Å². The van der Waals surface area contributed by atoms with Crippen LogP contribution in [-0.4, -0.2) is 57.0 Å². The number of aryl methyl sites for hydroxylation is 1. The van der Waals surface area contributed by atoms with Crippen LogP contribution in [0.15, 0.2) is 42.7 Å². The number of likely N-dealkylation sites (tertiary alicyclic amines) is 1. The van der Waals surface area contributed by atoms with Crippen LogP contribution in [-0.2, 0) is 42.9 Å². The zero-order chi connectivity index (χ0) is 27.7. The van der Waals surface area contributed by atoms with Gasteiger partial charge in [0.15, 0.2) is 0 Å². The molecule has 1 aromatic heterocycles. The summed E-state index contributed by atoms with van der Waals surface area (Å²) >= 11 is 0. The fraction of sp³-hybridized carbons (Fsp3) is 0.464. The standard InChI is InChI=1S/C28H29F4N5O2/c1-26(2)23(29)13-36(26)11-17-7-20-21(22(8-17)28(30,31)32)12-37(25(20)38)19-6-4-5-18(9-19)27(14-39-15-27)10-24-34-33-16-35(24)3/h4-9,16,23H,10-15H2,1-3H3. The summed E-state index contributed by atoms with van der Waals surface area (Å²) in [6, 6.07) is 10.0. The van der Waals surface area contributed by atoms with Crippen molar-refractivity contribution in [3.63, 3.8) is 0 Å². The van der Waals surface area contributed by atoms with Crippen LogP contribution >= 0.6 is 0 Å². The number of halogens is 4. The quantitative estimate of drug-likeness (QED) is 0.431. The summed E-state index contributed by atoms with van der Waals surface area (Å²) in [5.41, 5.74) is -0.139. The van der Waals surface area contributed by atoms with Crippen LogP contribution in [0.5, 0.6) is 0 Å². The van der Waals surface area contributed by atoms with Gasteiger partial charge in [0, 0.05) is 48.8 Å². The number of ether oxygens (including phenoxy) is 1. The van der Waals surface area contributed by atoms with E-state index in [1.807, 2.05) is 29.8 Å². The largest absolute Gasteiger partial charge is 0.416 e. The van der Waals surface area contributed by atoms with Gasteiger partial charge in [0.1, 0.15) is 18.3 Å². The maximum atomic E-state index is 14.2. The second kappa shape index (κ2) is 8.85. The zero-order valence-corrected chi connectivity index (χ0v) is 21.9. The lowest BCUT2D eigenvalue weighted by atomic mass is 9.75. The average molecular weight is 544 g/mol. The van der Waals surface area contributed by atoms with Crippen molar-refractivity contribution in [2.75, 3.05) is 24.7 Å². The molecule has 1 amide bonds. The molecule has 3 aliphatic rings. The third kappa shape index (κ3) is 4.22. The molecule has 0 N–H and O–H groups in total. The summed E-state index contributed by atoms with van der Waals surface area (Å²) in [6.45, 7) is 4.49. The molecule has 206 valence electrons. The maximum Gasteiger partial charge on any atom is 0.416 e. The Morgan fingerprint density at radius 3 is 2.51 bits per heavy atom. The van der Waals surface area contributed by atoms with Gasteiger partial charge in [-0.15, -0.1) is 10.2 Å². The molecule has 0 saturated carbocycles. The second-order valence-electron chi connectivity index (χ2n) is 11.4. The van der Waals surface area contributed by atoms with E-state index in [0.717, 1.165) is 17.5 Å². The summed E-state index contributed by atoms with van der Waals surface area (Å²) < 4.78 is 64.0. The van der Waals surface area contributed by atoms with E-state index in [-0.39, 0.29) is 36.2 Å². The molecule has 1 unspecified atom stereocenters. The molecule has 3 aliphatic heterocycles. The monoisotopic (exact) mass is 543 g/mol. The molecule has 0 aliphatic carbocycles. The topological polar surface area (TPSA) is 63.5 Å². The molecule has 6 rings (SSSR count). The SMILES string of the molecule is Cn1cnnc1CC1(c2cccc(N3Cc4c(cc(CN5CC(F)C5(C)C)cc4C(F)(F)F)C3=O)c2)COC1. The van der Waals surface area contributed by atoms with Crippen molar-refractivity contribution >= 4 is 11.6 Å². The van der Waals surface area contributed by atoms with Crippen molar-refractivity contribution < 1.29 is 27.1 Å². The lowest BCUT2D eigenvalue weighted by Crippen LogP contribution is -2.64. The molecule has 4 heterocycles. The Kier molecular flexibility index (Phi) is 5.89. The Hall–Kier alpha value is -3.31. The van der Waals surface area contributed by atoms with E-state index in [2.05, 4.69) is 10.2 Å². The number of hydrogen-bond donors (Lipinski definition) is 0. The molecular weight excluding hydrogens is 514 g/mol. The van der Waals surface area contributed by atoms with Gasteiger partial charge in [-0.3, -0.25) is 9.69 Å². The molecule has 7 nitrogen and oxygen atoms in total. The van der Waals surface area contributed by atoms with E-state index in [1.165, 1.54) is 11.0 Å². The number of hydrogen-bond acceptors (Lipinski definition) is 5. The van der Waals surface area contributed by atoms with E-state index < -0.39 is 29.4 Å². The van der Waals surface area contributed by atoms with Crippen molar-refractivity contribution in [3.05, 3.63) is 76.4 Å². The number of carbonyl (C=O) groups excluding carboxylic acids is 1. The molecule has 2 saturated heterocycles. The molecule has 0 spiro atoms. The minimum atomic E-state index is -4.63. The van der Waals surface area contributed by atoms with E-state index in [4.69, 9.17) is 4.74 Å². The third-order valence-corrected chi connectivity index (χ3v) is 8.57. The Bertz CT molecular complexity index is 1450. The molecule has 2 aromatic carbocycles. The highest BCUT2D eigenvalue weighted by Crippen LogP contribution is 2.42. The lowest BCUT2D eigenvalue weighted by molar-refractivity contribution is -0.138. The molecule has 1 atom stereocenters. The predicted molar refractivity (Wildman–Crippen MR) is 135 cm³/mol. The molecule has 0 radical (unpaired) electrons. The first-order valence-corrected chi connectivity index (χ1v) is 12.8. The Morgan fingerprint density at radius 2 is 1.92 bits per heavy atom. The van der Waals surface area contributed by atoms with Crippen LogP contribution in [0.1, 0.15) is 52.3 Å². The van der Waals surface area contributed by atoms with Gasteiger partial charge in [0.05, 0.1) is 25.3 Å². The Labute approximate surface area is 223 Å². The minimum Gasteiger partial charge on any atom is -0.379 e. The summed E-state index contributed by atoms with van der Waals surface area (Å²) in [5, 5.41) is 8.14.